The first-order valence-corrected chi connectivity index (χ1v) is 11.6. The van der Waals surface area contributed by atoms with Gasteiger partial charge in [-0.25, -0.2) is 9.97 Å². The highest BCUT2D eigenvalue weighted by atomic mass is 32.2. The SMILES string of the molecule is COc1cc(Sc2cc(-c3nc(N4CCC4)nc4c3CCC4)ccc2OC)ccc1C#N. The summed E-state index contributed by atoms with van der Waals surface area (Å²) in [5.41, 5.74) is 5.11. The average Bonchev–Trinajstić information content (AvgIpc) is 3.26. The monoisotopic (exact) mass is 444 g/mol. The van der Waals surface area contributed by atoms with Crippen molar-refractivity contribution in [1.29, 1.82) is 5.26 Å². The number of ether oxygens (including phenoxy) is 2. The highest BCUT2D eigenvalue weighted by molar-refractivity contribution is 7.99. The van der Waals surface area contributed by atoms with Crippen LogP contribution in [0.3, 0.4) is 0 Å². The maximum absolute atomic E-state index is 9.26. The van der Waals surface area contributed by atoms with Crippen molar-refractivity contribution < 1.29 is 9.47 Å². The quantitative estimate of drug-likeness (QED) is 0.536. The lowest BCUT2D eigenvalue weighted by Crippen LogP contribution is -2.38. The van der Waals surface area contributed by atoms with Gasteiger partial charge in [0.25, 0.3) is 0 Å². The van der Waals surface area contributed by atoms with Crippen LogP contribution in [0.1, 0.15) is 29.7 Å². The normalized spacial score (nSPS) is 14.5. The summed E-state index contributed by atoms with van der Waals surface area (Å²) in [5.74, 6) is 2.23. The van der Waals surface area contributed by atoms with Crippen LogP contribution in [0.4, 0.5) is 5.95 Å². The number of methoxy groups -OCH3 is 2. The van der Waals surface area contributed by atoms with Gasteiger partial charge in [-0.05, 0) is 62.1 Å². The summed E-state index contributed by atoms with van der Waals surface area (Å²) < 4.78 is 11.0. The van der Waals surface area contributed by atoms with E-state index in [4.69, 9.17) is 19.4 Å². The number of aromatic nitrogens is 2. The number of nitrogens with zero attached hydrogens (tertiary/aromatic N) is 4. The van der Waals surface area contributed by atoms with Gasteiger partial charge in [0, 0.05) is 34.8 Å². The average molecular weight is 445 g/mol. The topological polar surface area (TPSA) is 71.3 Å². The number of anilines is 1. The van der Waals surface area contributed by atoms with Crippen LogP contribution < -0.4 is 14.4 Å². The van der Waals surface area contributed by atoms with Crippen LogP contribution in [0.15, 0.2) is 46.2 Å². The smallest absolute Gasteiger partial charge is 0.226 e. The second-order valence-electron chi connectivity index (χ2n) is 7.93. The molecule has 0 radical (unpaired) electrons. The van der Waals surface area contributed by atoms with E-state index in [2.05, 4.69) is 23.1 Å². The van der Waals surface area contributed by atoms with Gasteiger partial charge in [0.15, 0.2) is 0 Å². The molecule has 1 aromatic heterocycles. The van der Waals surface area contributed by atoms with Crippen molar-refractivity contribution in [1.82, 2.24) is 9.97 Å². The van der Waals surface area contributed by atoms with E-state index >= 15 is 0 Å². The number of nitriles is 1. The number of benzene rings is 2. The molecule has 0 spiro atoms. The van der Waals surface area contributed by atoms with Crippen molar-refractivity contribution >= 4 is 17.7 Å². The van der Waals surface area contributed by atoms with Crippen LogP contribution in [-0.2, 0) is 12.8 Å². The number of fused-ring (bicyclic) bond motifs is 1. The molecule has 32 heavy (non-hydrogen) atoms. The van der Waals surface area contributed by atoms with E-state index in [1.165, 1.54) is 17.7 Å². The maximum atomic E-state index is 9.26. The van der Waals surface area contributed by atoms with Gasteiger partial charge in [0.1, 0.15) is 17.6 Å². The van der Waals surface area contributed by atoms with Crippen molar-refractivity contribution in [2.75, 3.05) is 32.2 Å². The van der Waals surface area contributed by atoms with E-state index in [0.717, 1.165) is 65.1 Å². The summed E-state index contributed by atoms with van der Waals surface area (Å²) in [6.07, 6.45) is 4.37. The molecule has 0 saturated carbocycles. The molecule has 3 aromatic rings. The fourth-order valence-corrected chi connectivity index (χ4v) is 5.17. The van der Waals surface area contributed by atoms with Crippen LogP contribution in [0.25, 0.3) is 11.3 Å². The summed E-state index contributed by atoms with van der Waals surface area (Å²) in [6.45, 7) is 2.06. The van der Waals surface area contributed by atoms with E-state index in [0.29, 0.717) is 11.3 Å². The second-order valence-corrected chi connectivity index (χ2v) is 9.05. The molecule has 162 valence electrons. The molecular formula is C25H24N4O2S. The number of hydrogen-bond acceptors (Lipinski definition) is 7. The van der Waals surface area contributed by atoms with Crippen LogP contribution in [-0.4, -0.2) is 37.3 Å². The van der Waals surface area contributed by atoms with Gasteiger partial charge in [-0.3, -0.25) is 0 Å². The summed E-state index contributed by atoms with van der Waals surface area (Å²) in [6, 6.07) is 14.0. The first-order chi connectivity index (χ1) is 15.7. The summed E-state index contributed by atoms with van der Waals surface area (Å²) in [4.78, 5) is 14.1. The number of rotatable bonds is 6. The second kappa shape index (κ2) is 8.71. The molecule has 0 N–H and O–H groups in total. The van der Waals surface area contributed by atoms with Gasteiger partial charge in [0.05, 0.1) is 30.4 Å². The van der Waals surface area contributed by atoms with Crippen molar-refractivity contribution in [3.63, 3.8) is 0 Å². The van der Waals surface area contributed by atoms with Gasteiger partial charge >= 0.3 is 0 Å². The molecule has 1 saturated heterocycles. The van der Waals surface area contributed by atoms with Crippen LogP contribution >= 0.6 is 11.8 Å². The largest absolute Gasteiger partial charge is 0.496 e. The molecule has 7 heteroatoms. The minimum atomic E-state index is 0.521. The lowest BCUT2D eigenvalue weighted by atomic mass is 10.0. The minimum Gasteiger partial charge on any atom is -0.496 e. The zero-order valence-electron chi connectivity index (χ0n) is 18.2. The molecule has 0 atom stereocenters. The van der Waals surface area contributed by atoms with Crippen LogP contribution in [0.5, 0.6) is 11.5 Å². The lowest BCUT2D eigenvalue weighted by Gasteiger charge is -2.31. The fourth-order valence-electron chi connectivity index (χ4n) is 4.17. The molecule has 0 bridgehead atoms. The van der Waals surface area contributed by atoms with Crippen molar-refractivity contribution in [3.05, 3.63) is 53.2 Å². The molecule has 1 aliphatic heterocycles. The Morgan fingerprint density at radius 3 is 2.53 bits per heavy atom. The highest BCUT2D eigenvalue weighted by Crippen LogP contribution is 2.41. The number of aryl methyl sites for hydroxylation is 1. The fraction of sp³-hybridized carbons (Fsp3) is 0.320. The van der Waals surface area contributed by atoms with E-state index in [1.807, 2.05) is 18.2 Å². The lowest BCUT2D eigenvalue weighted by molar-refractivity contribution is 0.405. The first-order valence-electron chi connectivity index (χ1n) is 10.8. The first kappa shape index (κ1) is 20.7. The van der Waals surface area contributed by atoms with Gasteiger partial charge in [0.2, 0.25) is 5.95 Å². The zero-order chi connectivity index (χ0) is 22.1. The Balaban J connectivity index is 1.55. The van der Waals surface area contributed by atoms with Gasteiger partial charge < -0.3 is 14.4 Å². The maximum Gasteiger partial charge on any atom is 0.226 e. The molecule has 1 aliphatic carbocycles. The Bertz CT molecular complexity index is 1220. The summed E-state index contributed by atoms with van der Waals surface area (Å²) >= 11 is 1.59. The van der Waals surface area contributed by atoms with Gasteiger partial charge in [-0.2, -0.15) is 5.26 Å². The Hall–Kier alpha value is -3.24. The van der Waals surface area contributed by atoms with Crippen LogP contribution in [0, 0.1) is 11.3 Å². The third kappa shape index (κ3) is 3.76. The Labute approximate surface area is 192 Å². The minimum absolute atomic E-state index is 0.521. The van der Waals surface area contributed by atoms with E-state index in [9.17, 15) is 5.26 Å². The third-order valence-electron chi connectivity index (χ3n) is 6.02. The van der Waals surface area contributed by atoms with Gasteiger partial charge in [-0.15, -0.1) is 0 Å². The predicted octanol–water partition coefficient (Wildman–Crippen LogP) is 4.88. The Morgan fingerprint density at radius 1 is 0.969 bits per heavy atom. The molecule has 0 unspecified atom stereocenters. The molecule has 0 amide bonds. The molecule has 2 aromatic carbocycles. The number of hydrogen-bond donors (Lipinski definition) is 0. The summed E-state index contributed by atoms with van der Waals surface area (Å²) in [7, 11) is 3.26. The van der Waals surface area contributed by atoms with Gasteiger partial charge in [-0.1, -0.05) is 11.8 Å². The Kier molecular flexibility index (Phi) is 5.62. The molecular weight excluding hydrogens is 420 g/mol. The van der Waals surface area contributed by atoms with E-state index < -0.39 is 0 Å². The third-order valence-corrected chi connectivity index (χ3v) is 7.05. The predicted molar refractivity (Wildman–Crippen MR) is 125 cm³/mol. The Morgan fingerprint density at radius 2 is 1.81 bits per heavy atom. The molecule has 2 aliphatic rings. The van der Waals surface area contributed by atoms with Crippen molar-refractivity contribution in [2.24, 2.45) is 0 Å². The molecule has 2 heterocycles. The van der Waals surface area contributed by atoms with Crippen molar-refractivity contribution in [2.45, 2.75) is 35.5 Å². The molecule has 5 rings (SSSR count). The molecule has 6 nitrogen and oxygen atoms in total. The zero-order valence-corrected chi connectivity index (χ0v) is 19.0. The molecule has 1 fully saturated rings. The standard InChI is InChI=1S/C25H24N4O2S/c1-30-21-10-8-16(13-23(21)32-18-9-7-17(15-26)22(14-18)31-2)24-19-5-3-6-20(19)27-25(28-24)29-11-4-12-29/h7-10,13-14H,3-6,11-12H2,1-2H3. The van der Waals surface area contributed by atoms with E-state index in [-0.39, 0.29) is 0 Å². The highest BCUT2D eigenvalue weighted by Gasteiger charge is 2.25. The van der Waals surface area contributed by atoms with Crippen LogP contribution in [0.2, 0.25) is 0 Å². The van der Waals surface area contributed by atoms with Crippen molar-refractivity contribution in [3.8, 4) is 28.8 Å². The summed E-state index contributed by atoms with van der Waals surface area (Å²) in [5, 5.41) is 9.26. The van der Waals surface area contributed by atoms with E-state index in [1.54, 1.807) is 32.0 Å².